The van der Waals surface area contributed by atoms with Gasteiger partial charge < -0.3 is 14.8 Å². The van der Waals surface area contributed by atoms with Gasteiger partial charge in [0.15, 0.2) is 5.11 Å². The number of fused-ring (bicyclic) bond motifs is 1. The first-order chi connectivity index (χ1) is 14.0. The lowest BCUT2D eigenvalue weighted by atomic mass is 10.0. The molecule has 0 saturated carbocycles. The van der Waals surface area contributed by atoms with Gasteiger partial charge in [-0.3, -0.25) is 14.5 Å². The number of piperidine rings is 1. The predicted octanol–water partition coefficient (Wildman–Crippen LogP) is 3.12. The van der Waals surface area contributed by atoms with Crippen LogP contribution in [0, 0.1) is 0 Å². The van der Waals surface area contributed by atoms with Crippen molar-refractivity contribution >= 4 is 46.1 Å². The summed E-state index contributed by atoms with van der Waals surface area (Å²) in [6.45, 7) is 5.69. The van der Waals surface area contributed by atoms with Gasteiger partial charge in [-0.25, -0.2) is 0 Å². The first-order valence-corrected chi connectivity index (χ1v) is 10.6. The highest BCUT2D eigenvalue weighted by Gasteiger charge is 2.29. The number of rotatable bonds is 4. The zero-order chi connectivity index (χ0) is 20.5. The SMILES string of the molecule is CCN1C(=O)/C(=C/c2cn(CC(=O)N3CCCC[C@H]3C)c3ccccc23)NC1=S. The highest BCUT2D eigenvalue weighted by atomic mass is 32.1. The summed E-state index contributed by atoms with van der Waals surface area (Å²) in [5, 5.41) is 4.45. The van der Waals surface area contributed by atoms with Crippen molar-refractivity contribution in [2.45, 2.75) is 45.7 Å². The van der Waals surface area contributed by atoms with E-state index in [0.29, 0.717) is 29.9 Å². The number of benzene rings is 1. The molecular weight excluding hydrogens is 384 g/mol. The molecule has 1 N–H and O–H groups in total. The summed E-state index contributed by atoms with van der Waals surface area (Å²) >= 11 is 5.25. The van der Waals surface area contributed by atoms with E-state index in [1.165, 1.54) is 6.42 Å². The number of nitrogens with one attached hydrogen (secondary N) is 1. The highest BCUT2D eigenvalue weighted by molar-refractivity contribution is 7.80. The van der Waals surface area contributed by atoms with Crippen molar-refractivity contribution in [2.24, 2.45) is 0 Å². The number of para-hydroxylation sites is 1. The number of amides is 2. The number of hydrogen-bond donors (Lipinski definition) is 1. The molecule has 3 heterocycles. The van der Waals surface area contributed by atoms with E-state index in [2.05, 4.69) is 12.2 Å². The number of thiocarbonyl (C=S) groups is 1. The maximum absolute atomic E-state index is 13.0. The second kappa shape index (κ2) is 7.99. The monoisotopic (exact) mass is 410 g/mol. The molecule has 29 heavy (non-hydrogen) atoms. The van der Waals surface area contributed by atoms with Crippen LogP contribution in [0.15, 0.2) is 36.2 Å². The van der Waals surface area contributed by atoms with Crippen LogP contribution < -0.4 is 5.32 Å². The average molecular weight is 411 g/mol. The Kier molecular flexibility index (Phi) is 5.41. The molecule has 2 saturated heterocycles. The molecule has 0 unspecified atom stereocenters. The molecule has 152 valence electrons. The van der Waals surface area contributed by atoms with Crippen molar-refractivity contribution in [3.8, 4) is 0 Å². The van der Waals surface area contributed by atoms with E-state index < -0.39 is 0 Å². The number of carbonyl (C=O) groups excluding carboxylic acids is 2. The summed E-state index contributed by atoms with van der Waals surface area (Å²) in [5.74, 6) is 0.0260. The third-order valence-electron chi connectivity index (χ3n) is 5.83. The smallest absolute Gasteiger partial charge is 0.276 e. The first kappa shape index (κ1) is 19.6. The Morgan fingerprint density at radius 1 is 1.31 bits per heavy atom. The summed E-state index contributed by atoms with van der Waals surface area (Å²) in [6, 6.07) is 8.26. The lowest BCUT2D eigenvalue weighted by molar-refractivity contribution is -0.135. The Morgan fingerprint density at radius 3 is 2.83 bits per heavy atom. The fraction of sp³-hybridized carbons (Fsp3) is 0.409. The van der Waals surface area contributed by atoms with Gasteiger partial charge in [0.25, 0.3) is 5.91 Å². The molecule has 2 aliphatic heterocycles. The van der Waals surface area contributed by atoms with Crippen LogP contribution in [0.4, 0.5) is 0 Å². The van der Waals surface area contributed by atoms with Crippen LogP contribution in [0.2, 0.25) is 0 Å². The van der Waals surface area contributed by atoms with Gasteiger partial charge in [-0.2, -0.15) is 0 Å². The molecule has 0 spiro atoms. The van der Waals surface area contributed by atoms with Crippen LogP contribution >= 0.6 is 12.2 Å². The Bertz CT molecular complexity index is 1010. The van der Waals surface area contributed by atoms with Crippen LogP contribution in [-0.2, 0) is 16.1 Å². The maximum atomic E-state index is 13.0. The average Bonchev–Trinajstić information content (AvgIpc) is 3.19. The molecule has 0 bridgehead atoms. The number of hydrogen-bond acceptors (Lipinski definition) is 3. The van der Waals surface area contributed by atoms with Crippen molar-refractivity contribution in [2.75, 3.05) is 13.1 Å². The lowest BCUT2D eigenvalue weighted by Gasteiger charge is -2.33. The lowest BCUT2D eigenvalue weighted by Crippen LogP contribution is -2.43. The van der Waals surface area contributed by atoms with Crippen LogP contribution in [0.5, 0.6) is 0 Å². The van der Waals surface area contributed by atoms with Gasteiger partial charge >= 0.3 is 0 Å². The predicted molar refractivity (Wildman–Crippen MR) is 118 cm³/mol. The maximum Gasteiger partial charge on any atom is 0.276 e. The molecule has 2 amide bonds. The van der Waals surface area contributed by atoms with Gasteiger partial charge in [-0.15, -0.1) is 0 Å². The number of likely N-dealkylation sites (tertiary alicyclic amines) is 1. The minimum absolute atomic E-state index is 0.118. The second-order valence-electron chi connectivity index (χ2n) is 7.70. The van der Waals surface area contributed by atoms with Crippen LogP contribution in [-0.4, -0.2) is 50.4 Å². The van der Waals surface area contributed by atoms with Gasteiger partial charge in [0.1, 0.15) is 12.2 Å². The number of carbonyl (C=O) groups is 2. The summed E-state index contributed by atoms with van der Waals surface area (Å²) in [7, 11) is 0. The Hall–Kier alpha value is -2.67. The zero-order valence-electron chi connectivity index (χ0n) is 16.9. The zero-order valence-corrected chi connectivity index (χ0v) is 17.7. The van der Waals surface area contributed by atoms with Crippen LogP contribution in [0.1, 0.15) is 38.7 Å². The number of aromatic nitrogens is 1. The summed E-state index contributed by atoms with van der Waals surface area (Å²) in [6.07, 6.45) is 7.11. The molecule has 1 aromatic carbocycles. The van der Waals surface area contributed by atoms with E-state index in [0.717, 1.165) is 35.9 Å². The van der Waals surface area contributed by atoms with Gasteiger partial charge in [0, 0.05) is 41.8 Å². The first-order valence-electron chi connectivity index (χ1n) is 10.2. The second-order valence-corrected chi connectivity index (χ2v) is 8.09. The third-order valence-corrected chi connectivity index (χ3v) is 6.15. The van der Waals surface area contributed by atoms with Crippen LogP contribution in [0.3, 0.4) is 0 Å². The number of nitrogens with zero attached hydrogens (tertiary/aromatic N) is 3. The quantitative estimate of drug-likeness (QED) is 0.622. The standard InChI is InChI=1S/C22H26N4O2S/c1-3-25-21(28)18(23-22(25)29)12-16-13-24(19-10-5-4-9-17(16)19)14-20(27)26-11-7-6-8-15(26)2/h4-5,9-10,12-13,15H,3,6-8,11,14H2,1-2H3,(H,23,29)/b18-12-/t15-/m1/s1. The molecule has 4 rings (SSSR count). The summed E-state index contributed by atoms with van der Waals surface area (Å²) < 4.78 is 1.99. The minimum Gasteiger partial charge on any atom is -0.338 e. The van der Waals surface area contributed by atoms with Gasteiger partial charge in [-0.05, 0) is 57.5 Å². The van der Waals surface area contributed by atoms with Crippen molar-refractivity contribution < 1.29 is 9.59 Å². The molecule has 0 aliphatic carbocycles. The Labute approximate surface area is 176 Å². The van der Waals surface area contributed by atoms with E-state index in [1.54, 1.807) is 4.90 Å². The third kappa shape index (κ3) is 3.67. The number of likely N-dealkylation sites (N-methyl/N-ethyl adjacent to an activating group) is 1. The molecule has 0 radical (unpaired) electrons. The molecule has 2 aromatic rings. The molecule has 1 atom stereocenters. The van der Waals surface area contributed by atoms with Crippen molar-refractivity contribution in [1.29, 1.82) is 0 Å². The van der Waals surface area contributed by atoms with Gasteiger partial charge in [-0.1, -0.05) is 18.2 Å². The Morgan fingerprint density at radius 2 is 2.10 bits per heavy atom. The molecule has 2 aliphatic rings. The normalized spacial score (nSPS) is 21.3. The summed E-state index contributed by atoms with van der Waals surface area (Å²) in [5.41, 5.74) is 2.35. The van der Waals surface area contributed by atoms with Gasteiger partial charge in [0.2, 0.25) is 5.91 Å². The molecule has 7 heteroatoms. The van der Waals surface area contributed by atoms with E-state index in [4.69, 9.17) is 12.2 Å². The van der Waals surface area contributed by atoms with Crippen molar-refractivity contribution in [3.05, 3.63) is 41.7 Å². The largest absolute Gasteiger partial charge is 0.338 e. The highest BCUT2D eigenvalue weighted by Crippen LogP contribution is 2.25. The summed E-state index contributed by atoms with van der Waals surface area (Å²) in [4.78, 5) is 29.0. The van der Waals surface area contributed by atoms with E-state index in [9.17, 15) is 9.59 Å². The van der Waals surface area contributed by atoms with Crippen LogP contribution in [0.25, 0.3) is 17.0 Å². The fourth-order valence-electron chi connectivity index (χ4n) is 4.24. The molecule has 1 aromatic heterocycles. The molecule has 6 nitrogen and oxygen atoms in total. The fourth-order valence-corrected chi connectivity index (χ4v) is 4.56. The van der Waals surface area contributed by atoms with Crippen molar-refractivity contribution in [1.82, 2.24) is 19.7 Å². The Balaban J connectivity index is 1.66. The van der Waals surface area contributed by atoms with Crippen molar-refractivity contribution in [3.63, 3.8) is 0 Å². The van der Waals surface area contributed by atoms with E-state index >= 15 is 0 Å². The molecule has 2 fully saturated rings. The topological polar surface area (TPSA) is 57.6 Å². The minimum atomic E-state index is -0.118. The molecular formula is C22H26N4O2S. The van der Waals surface area contributed by atoms with Gasteiger partial charge in [0.05, 0.1) is 0 Å². The van der Waals surface area contributed by atoms with E-state index in [1.807, 2.05) is 52.9 Å². The van der Waals surface area contributed by atoms with E-state index in [-0.39, 0.29) is 11.8 Å².